The Kier molecular flexibility index (Phi) is 7.25. The molecule has 5 nitrogen and oxygen atoms in total. The maximum absolute atomic E-state index is 14.2. The smallest absolute Gasteiger partial charge is 0.262 e. The first-order valence-electron chi connectivity index (χ1n) is 13.6. The Labute approximate surface area is 239 Å². The number of nitrogens with zero attached hydrogens (tertiary/aromatic N) is 1. The van der Waals surface area contributed by atoms with E-state index in [9.17, 15) is 14.4 Å². The van der Waals surface area contributed by atoms with Crippen LogP contribution in [0.5, 0.6) is 0 Å². The Bertz CT molecular complexity index is 1650. The maximum atomic E-state index is 14.2. The van der Waals surface area contributed by atoms with E-state index in [0.29, 0.717) is 11.1 Å². The highest BCUT2D eigenvalue weighted by molar-refractivity contribution is 6.22. The minimum absolute atomic E-state index is 0.201. The minimum atomic E-state index is -1.03. The average molecular weight is 537 g/mol. The van der Waals surface area contributed by atoms with Crippen molar-refractivity contribution in [1.82, 2.24) is 10.2 Å². The quantitative estimate of drug-likeness (QED) is 0.231. The Morgan fingerprint density at radius 1 is 0.561 bits per heavy atom. The van der Waals surface area contributed by atoms with Crippen LogP contribution in [0.2, 0.25) is 0 Å². The zero-order valence-electron chi connectivity index (χ0n) is 22.3. The van der Waals surface area contributed by atoms with Gasteiger partial charge in [-0.2, -0.15) is 0 Å². The molecule has 5 heteroatoms. The fraction of sp³-hybridized carbons (Fsp3) is 0.0833. The molecule has 1 heterocycles. The van der Waals surface area contributed by atoms with E-state index in [2.05, 4.69) is 17.4 Å². The van der Waals surface area contributed by atoms with Gasteiger partial charge in [0, 0.05) is 6.42 Å². The van der Waals surface area contributed by atoms with Gasteiger partial charge in [-0.1, -0.05) is 127 Å². The first kappa shape index (κ1) is 26.0. The molecule has 5 aromatic carbocycles. The average Bonchev–Trinajstić information content (AvgIpc) is 3.29. The van der Waals surface area contributed by atoms with Gasteiger partial charge in [0.15, 0.2) is 0 Å². The summed E-state index contributed by atoms with van der Waals surface area (Å²) in [5, 5.41) is 3.19. The second-order valence-corrected chi connectivity index (χ2v) is 10.1. The molecule has 0 spiro atoms. The van der Waals surface area contributed by atoms with Crippen molar-refractivity contribution in [3.8, 4) is 11.1 Å². The van der Waals surface area contributed by atoms with E-state index >= 15 is 0 Å². The maximum Gasteiger partial charge on any atom is 0.262 e. The predicted molar refractivity (Wildman–Crippen MR) is 159 cm³/mol. The molecule has 0 unspecified atom stereocenters. The molecule has 0 saturated heterocycles. The van der Waals surface area contributed by atoms with Gasteiger partial charge < -0.3 is 5.32 Å². The molecule has 5 aromatic rings. The van der Waals surface area contributed by atoms with E-state index in [1.165, 1.54) is 0 Å². The number of carbonyl (C=O) groups excluding carboxylic acids is 3. The predicted octanol–water partition coefficient (Wildman–Crippen LogP) is 6.47. The van der Waals surface area contributed by atoms with Crippen LogP contribution < -0.4 is 5.32 Å². The van der Waals surface area contributed by atoms with Crippen LogP contribution in [0.25, 0.3) is 11.1 Å². The molecule has 0 aliphatic carbocycles. The van der Waals surface area contributed by atoms with Crippen LogP contribution in [-0.4, -0.2) is 28.7 Å². The van der Waals surface area contributed by atoms with Crippen LogP contribution in [0, 0.1) is 0 Å². The number of fused-ring (bicyclic) bond motifs is 1. The van der Waals surface area contributed by atoms with Crippen molar-refractivity contribution >= 4 is 17.7 Å². The molecular weight excluding hydrogens is 508 g/mol. The van der Waals surface area contributed by atoms with Gasteiger partial charge in [-0.3, -0.25) is 19.3 Å². The summed E-state index contributed by atoms with van der Waals surface area (Å²) >= 11 is 0. The Hall–Kier alpha value is -5.29. The number of rotatable bonds is 8. The SMILES string of the molecule is O=C(N[C@H](c1ccccc1)c1ccc(-c2ccccc2)cc1)[C@@H](Cc1ccccc1)N1C(=O)c2ccccc2C1=O. The molecule has 41 heavy (non-hydrogen) atoms. The number of imide groups is 1. The molecule has 0 fully saturated rings. The van der Waals surface area contributed by atoms with Gasteiger partial charge in [-0.25, -0.2) is 0 Å². The van der Waals surface area contributed by atoms with Crippen molar-refractivity contribution in [1.29, 1.82) is 0 Å². The van der Waals surface area contributed by atoms with Crippen molar-refractivity contribution in [2.75, 3.05) is 0 Å². The van der Waals surface area contributed by atoms with Crippen molar-refractivity contribution in [3.63, 3.8) is 0 Å². The lowest BCUT2D eigenvalue weighted by molar-refractivity contribution is -0.125. The van der Waals surface area contributed by atoms with Crippen molar-refractivity contribution in [2.45, 2.75) is 18.5 Å². The highest BCUT2D eigenvalue weighted by atomic mass is 16.2. The number of hydrogen-bond donors (Lipinski definition) is 1. The summed E-state index contributed by atoms with van der Waals surface area (Å²) < 4.78 is 0. The second-order valence-electron chi connectivity index (χ2n) is 10.1. The number of hydrogen-bond acceptors (Lipinski definition) is 3. The summed E-state index contributed by atoms with van der Waals surface area (Å²) in [6, 6.07) is 42.6. The molecule has 1 aliphatic rings. The molecule has 0 aromatic heterocycles. The molecular formula is C36H28N2O3. The van der Waals surface area contributed by atoms with Gasteiger partial charge in [0.25, 0.3) is 11.8 Å². The molecule has 0 bridgehead atoms. The zero-order chi connectivity index (χ0) is 28.2. The summed E-state index contributed by atoms with van der Waals surface area (Å²) in [4.78, 5) is 42.2. The lowest BCUT2D eigenvalue weighted by atomic mass is 9.95. The third-order valence-corrected chi connectivity index (χ3v) is 7.48. The van der Waals surface area contributed by atoms with E-state index in [-0.39, 0.29) is 6.42 Å². The molecule has 6 rings (SSSR count). The number of nitrogens with one attached hydrogen (secondary N) is 1. The van der Waals surface area contributed by atoms with Crippen LogP contribution in [-0.2, 0) is 11.2 Å². The molecule has 1 aliphatic heterocycles. The fourth-order valence-corrected chi connectivity index (χ4v) is 5.37. The largest absolute Gasteiger partial charge is 0.343 e. The van der Waals surface area contributed by atoms with E-state index in [0.717, 1.165) is 32.7 Å². The van der Waals surface area contributed by atoms with E-state index in [4.69, 9.17) is 0 Å². The normalized spacial score (nSPS) is 13.9. The van der Waals surface area contributed by atoms with Crippen LogP contribution >= 0.6 is 0 Å². The summed E-state index contributed by atoms with van der Waals surface area (Å²) in [5.74, 6) is -1.31. The van der Waals surface area contributed by atoms with Crippen LogP contribution in [0.15, 0.2) is 140 Å². The summed E-state index contributed by atoms with van der Waals surface area (Å²) in [5.41, 5.74) is 5.46. The zero-order valence-corrected chi connectivity index (χ0v) is 22.3. The molecule has 3 amide bonds. The highest BCUT2D eigenvalue weighted by Gasteiger charge is 2.43. The lowest BCUT2D eigenvalue weighted by Crippen LogP contribution is -2.51. The van der Waals surface area contributed by atoms with Gasteiger partial charge >= 0.3 is 0 Å². The molecule has 0 radical (unpaired) electrons. The summed E-state index contributed by atoms with van der Waals surface area (Å²) in [6.07, 6.45) is 0.201. The molecule has 200 valence electrons. The van der Waals surface area contributed by atoms with E-state index < -0.39 is 29.8 Å². The Balaban J connectivity index is 1.35. The fourth-order valence-electron chi connectivity index (χ4n) is 5.37. The molecule has 1 N–H and O–H groups in total. The minimum Gasteiger partial charge on any atom is -0.343 e. The third kappa shape index (κ3) is 5.30. The van der Waals surface area contributed by atoms with Gasteiger partial charge in [-0.15, -0.1) is 0 Å². The summed E-state index contributed by atoms with van der Waals surface area (Å²) in [7, 11) is 0. The van der Waals surface area contributed by atoms with Crippen molar-refractivity contribution in [3.05, 3.63) is 167 Å². The molecule has 0 saturated carbocycles. The highest BCUT2D eigenvalue weighted by Crippen LogP contribution is 2.29. The lowest BCUT2D eigenvalue weighted by Gasteiger charge is -2.28. The van der Waals surface area contributed by atoms with Crippen LogP contribution in [0.1, 0.15) is 43.4 Å². The topological polar surface area (TPSA) is 66.5 Å². The first-order chi connectivity index (χ1) is 20.1. The standard InChI is InChI=1S/C36H28N2O3/c39-34(32(24-25-12-4-1-5-13-25)38-35(40)30-18-10-11-19-31(30)36(38)41)37-33(28-16-8-3-9-17-28)29-22-20-27(21-23-29)26-14-6-2-7-15-26/h1-23,32-33H,24H2,(H,37,39)/t32-,33-/m1/s1. The Morgan fingerprint density at radius 2 is 1.02 bits per heavy atom. The van der Waals surface area contributed by atoms with Crippen LogP contribution in [0.3, 0.4) is 0 Å². The van der Waals surface area contributed by atoms with E-state index in [1.54, 1.807) is 24.3 Å². The van der Waals surface area contributed by atoms with Crippen molar-refractivity contribution < 1.29 is 14.4 Å². The summed E-state index contributed by atoms with van der Waals surface area (Å²) in [6.45, 7) is 0. The Morgan fingerprint density at radius 3 is 1.61 bits per heavy atom. The number of benzene rings is 5. The number of carbonyl (C=O) groups is 3. The van der Waals surface area contributed by atoms with Gasteiger partial charge in [-0.05, 0) is 39.9 Å². The van der Waals surface area contributed by atoms with Gasteiger partial charge in [0.05, 0.1) is 17.2 Å². The molecule has 2 atom stereocenters. The first-order valence-corrected chi connectivity index (χ1v) is 13.6. The van der Waals surface area contributed by atoms with E-state index in [1.807, 2.05) is 103 Å². The van der Waals surface area contributed by atoms with Crippen molar-refractivity contribution in [2.24, 2.45) is 0 Å². The van der Waals surface area contributed by atoms with Crippen LogP contribution in [0.4, 0.5) is 0 Å². The number of amides is 3. The second kappa shape index (κ2) is 11.4. The monoisotopic (exact) mass is 536 g/mol. The van der Waals surface area contributed by atoms with Gasteiger partial charge in [0.1, 0.15) is 6.04 Å². The van der Waals surface area contributed by atoms with Gasteiger partial charge in [0.2, 0.25) is 5.91 Å². The third-order valence-electron chi connectivity index (χ3n) is 7.48.